The van der Waals surface area contributed by atoms with Crippen LogP contribution in [-0.2, 0) is 11.8 Å². The molecule has 2 nitrogen and oxygen atoms in total. The maximum absolute atomic E-state index is 6.29. The third-order valence-corrected chi connectivity index (χ3v) is 10.7. The van der Waals surface area contributed by atoms with Gasteiger partial charge in [0.05, 0.1) is 0 Å². The maximum Gasteiger partial charge on any atom is 0.135 e. The van der Waals surface area contributed by atoms with Crippen molar-refractivity contribution in [2.75, 3.05) is 5.32 Å². The van der Waals surface area contributed by atoms with Crippen molar-refractivity contribution in [3.63, 3.8) is 0 Å². The Morgan fingerprint density at radius 2 is 1.33 bits per heavy atom. The number of nitrogens with one attached hydrogen (secondary N) is 1. The smallest absolute Gasteiger partial charge is 0.135 e. The molecular formula is C50H51NO. The number of benzene rings is 6. The number of allylic oxidation sites excluding steroid dienone is 2. The maximum atomic E-state index is 6.29. The fourth-order valence-electron chi connectivity index (χ4n) is 7.92. The van der Waals surface area contributed by atoms with E-state index in [4.69, 9.17) is 4.42 Å². The van der Waals surface area contributed by atoms with E-state index in [2.05, 4.69) is 173 Å². The molecule has 8 rings (SSSR count). The molecule has 0 spiro atoms. The summed E-state index contributed by atoms with van der Waals surface area (Å²) >= 11 is 0. The van der Waals surface area contributed by atoms with Crippen molar-refractivity contribution in [2.24, 2.45) is 0 Å². The van der Waals surface area contributed by atoms with Gasteiger partial charge in [-0.15, -0.1) is 0 Å². The van der Waals surface area contributed by atoms with Crippen LogP contribution in [0.15, 0.2) is 156 Å². The van der Waals surface area contributed by atoms with Gasteiger partial charge < -0.3 is 9.73 Å². The second kappa shape index (κ2) is 15.5. The SMILES string of the molecule is CCC/C(=C\C(CCC)c1ccccc1)Nc1ccccc1-c1ccc2c(c1)-c1cc3c(cc1C2(C)C)oc1ccccc13.CCc1ccccc1. The number of furan rings is 1. The largest absolute Gasteiger partial charge is 0.456 e. The Kier molecular flexibility index (Phi) is 10.5. The van der Waals surface area contributed by atoms with Gasteiger partial charge in [-0.05, 0) is 88.5 Å². The molecule has 1 aliphatic rings. The van der Waals surface area contributed by atoms with Crippen LogP contribution in [0, 0.1) is 0 Å². The Balaban J connectivity index is 0.000000466. The number of fused-ring (bicyclic) bond motifs is 6. The molecule has 1 aliphatic carbocycles. The molecule has 0 saturated heterocycles. The van der Waals surface area contributed by atoms with Crippen LogP contribution in [0.4, 0.5) is 5.69 Å². The fourth-order valence-corrected chi connectivity index (χ4v) is 7.92. The van der Waals surface area contributed by atoms with Crippen molar-refractivity contribution >= 4 is 27.6 Å². The zero-order valence-electron chi connectivity index (χ0n) is 31.4. The van der Waals surface area contributed by atoms with Crippen LogP contribution >= 0.6 is 0 Å². The van der Waals surface area contributed by atoms with E-state index in [-0.39, 0.29) is 5.41 Å². The van der Waals surface area contributed by atoms with Crippen molar-refractivity contribution < 1.29 is 4.42 Å². The van der Waals surface area contributed by atoms with Crippen LogP contribution in [0.3, 0.4) is 0 Å². The quantitative estimate of drug-likeness (QED) is 0.155. The zero-order valence-corrected chi connectivity index (χ0v) is 31.4. The second-order valence-corrected chi connectivity index (χ2v) is 14.6. The molecule has 1 aromatic heterocycles. The number of hydrogen-bond acceptors (Lipinski definition) is 2. The van der Waals surface area contributed by atoms with Crippen molar-refractivity contribution in [2.45, 2.75) is 78.1 Å². The van der Waals surface area contributed by atoms with Crippen LogP contribution in [-0.4, -0.2) is 0 Å². The van der Waals surface area contributed by atoms with E-state index in [1.807, 2.05) is 12.1 Å². The highest BCUT2D eigenvalue weighted by atomic mass is 16.3. The number of hydrogen-bond donors (Lipinski definition) is 1. The molecule has 0 fully saturated rings. The van der Waals surface area contributed by atoms with Gasteiger partial charge in [-0.3, -0.25) is 0 Å². The van der Waals surface area contributed by atoms with E-state index in [9.17, 15) is 0 Å². The minimum absolute atomic E-state index is 0.100. The molecule has 1 atom stereocenters. The summed E-state index contributed by atoms with van der Waals surface area (Å²) in [6, 6.07) is 50.2. The average Bonchev–Trinajstić information content (AvgIpc) is 3.65. The Labute approximate surface area is 310 Å². The van der Waals surface area contributed by atoms with Gasteiger partial charge in [-0.1, -0.05) is 163 Å². The molecule has 0 amide bonds. The predicted molar refractivity (Wildman–Crippen MR) is 223 cm³/mol. The molecule has 0 radical (unpaired) electrons. The van der Waals surface area contributed by atoms with E-state index in [0.29, 0.717) is 5.92 Å². The minimum Gasteiger partial charge on any atom is -0.456 e. The van der Waals surface area contributed by atoms with Crippen LogP contribution in [0.25, 0.3) is 44.2 Å². The summed E-state index contributed by atoms with van der Waals surface area (Å²) in [5.74, 6) is 0.400. The van der Waals surface area contributed by atoms with Crippen molar-refractivity contribution in [3.8, 4) is 22.3 Å². The average molecular weight is 682 g/mol. The molecular weight excluding hydrogens is 631 g/mol. The molecule has 1 unspecified atom stereocenters. The predicted octanol–water partition coefficient (Wildman–Crippen LogP) is 14.5. The summed E-state index contributed by atoms with van der Waals surface area (Å²) in [6.07, 6.45) is 8.01. The standard InChI is InChI=1S/C42H41NO.C8H10/c1-5-14-29(28-16-8-7-9-17-28)24-31(15-6-2)43-39-20-12-10-18-32(39)30-22-23-37-34(25-30)35-26-36-33-19-11-13-21-40(33)44-41(36)27-38(35)42(37,3)4;1-2-8-6-4-3-5-7-8/h7-13,16-27,29,43H,5-6,14-15H2,1-4H3;3-7H,2H2,1H3/b31-24+;. The Bertz CT molecular complexity index is 2310. The first-order chi connectivity index (χ1) is 25.4. The van der Waals surface area contributed by atoms with Gasteiger partial charge in [-0.2, -0.15) is 0 Å². The third-order valence-electron chi connectivity index (χ3n) is 10.7. The van der Waals surface area contributed by atoms with E-state index >= 15 is 0 Å². The highest BCUT2D eigenvalue weighted by Gasteiger charge is 2.36. The molecule has 0 saturated carbocycles. The first-order valence-electron chi connectivity index (χ1n) is 19.2. The first-order valence-corrected chi connectivity index (χ1v) is 19.2. The summed E-state index contributed by atoms with van der Waals surface area (Å²) < 4.78 is 6.29. The van der Waals surface area contributed by atoms with Crippen LogP contribution < -0.4 is 5.32 Å². The van der Waals surface area contributed by atoms with Gasteiger partial charge in [-0.25, -0.2) is 0 Å². The summed E-state index contributed by atoms with van der Waals surface area (Å²) in [5.41, 5.74) is 14.9. The van der Waals surface area contributed by atoms with Gasteiger partial charge in [0, 0.05) is 39.1 Å². The van der Waals surface area contributed by atoms with Gasteiger partial charge in [0.1, 0.15) is 11.2 Å². The van der Waals surface area contributed by atoms with Gasteiger partial charge >= 0.3 is 0 Å². The molecule has 0 bridgehead atoms. The lowest BCUT2D eigenvalue weighted by Crippen LogP contribution is -2.14. The van der Waals surface area contributed by atoms with Crippen LogP contribution in [0.1, 0.15) is 88.5 Å². The molecule has 1 N–H and O–H groups in total. The number of anilines is 1. The monoisotopic (exact) mass is 681 g/mol. The molecule has 7 aromatic rings. The molecule has 52 heavy (non-hydrogen) atoms. The number of para-hydroxylation sites is 2. The zero-order chi connectivity index (χ0) is 36.1. The third kappa shape index (κ3) is 7.08. The highest BCUT2D eigenvalue weighted by Crippen LogP contribution is 2.52. The molecule has 2 heteroatoms. The number of aryl methyl sites for hydroxylation is 1. The van der Waals surface area contributed by atoms with E-state index < -0.39 is 0 Å². The summed E-state index contributed by atoms with van der Waals surface area (Å²) in [4.78, 5) is 0. The topological polar surface area (TPSA) is 25.2 Å². The molecule has 0 aliphatic heterocycles. The lowest BCUT2D eigenvalue weighted by molar-refractivity contribution is 0.647. The first kappa shape index (κ1) is 35.1. The molecule has 6 aromatic carbocycles. The normalized spacial score (nSPS) is 13.7. The van der Waals surface area contributed by atoms with Crippen molar-refractivity contribution in [1.29, 1.82) is 0 Å². The summed E-state index contributed by atoms with van der Waals surface area (Å²) in [6.45, 7) is 11.4. The molecule has 1 heterocycles. The van der Waals surface area contributed by atoms with Crippen LogP contribution in [0.5, 0.6) is 0 Å². The van der Waals surface area contributed by atoms with E-state index in [0.717, 1.165) is 49.0 Å². The lowest BCUT2D eigenvalue weighted by Gasteiger charge is -2.22. The minimum atomic E-state index is -0.100. The summed E-state index contributed by atoms with van der Waals surface area (Å²) in [5, 5.41) is 6.26. The number of rotatable bonds is 10. The van der Waals surface area contributed by atoms with E-state index in [1.165, 1.54) is 61.0 Å². The highest BCUT2D eigenvalue weighted by molar-refractivity contribution is 6.08. The Morgan fingerprint density at radius 3 is 2.06 bits per heavy atom. The van der Waals surface area contributed by atoms with Crippen molar-refractivity contribution in [1.82, 2.24) is 0 Å². The molecule has 262 valence electrons. The fraction of sp³-hybridized carbons (Fsp3) is 0.240. The Hall–Kier alpha value is -5.34. The Morgan fingerprint density at radius 1 is 0.635 bits per heavy atom. The van der Waals surface area contributed by atoms with Gasteiger partial charge in [0.2, 0.25) is 0 Å². The second-order valence-electron chi connectivity index (χ2n) is 14.6. The summed E-state index contributed by atoms with van der Waals surface area (Å²) in [7, 11) is 0. The van der Waals surface area contributed by atoms with E-state index in [1.54, 1.807) is 0 Å². The lowest BCUT2D eigenvalue weighted by atomic mass is 9.82. The van der Waals surface area contributed by atoms with Crippen molar-refractivity contribution in [3.05, 3.63) is 174 Å². The van der Waals surface area contributed by atoms with Gasteiger partial charge in [0.15, 0.2) is 0 Å². The van der Waals surface area contributed by atoms with Crippen LogP contribution in [0.2, 0.25) is 0 Å². The van der Waals surface area contributed by atoms with Gasteiger partial charge in [0.25, 0.3) is 0 Å².